The topological polar surface area (TPSA) is 98.2 Å². The Morgan fingerprint density at radius 1 is 1.11 bits per heavy atom. The smallest absolute Gasteiger partial charge is 0.304 e. The predicted octanol–water partition coefficient (Wildman–Crippen LogP) is 0.489. The Kier molecular flexibility index (Phi) is 9.17. The van der Waals surface area contributed by atoms with E-state index in [4.69, 9.17) is 5.11 Å². The van der Waals surface area contributed by atoms with Gasteiger partial charge in [-0.05, 0) is 12.6 Å². The van der Waals surface area contributed by atoms with Gasteiger partial charge in [-0.1, -0.05) is 30.3 Å². The van der Waals surface area contributed by atoms with Crippen molar-refractivity contribution in [3.05, 3.63) is 35.9 Å². The first-order chi connectivity index (χ1) is 12.3. The second-order valence-corrected chi connectivity index (χ2v) is 8.37. The van der Waals surface area contributed by atoms with E-state index in [1.807, 2.05) is 18.2 Å². The summed E-state index contributed by atoms with van der Waals surface area (Å²) in [5, 5.41) is 8.67. The maximum Gasteiger partial charge on any atom is 0.304 e. The number of piperazine rings is 1. The summed E-state index contributed by atoms with van der Waals surface area (Å²) in [7, 11) is -1.71. The number of aliphatic carboxylic acids is 1. The molecular weight excluding hydrogens is 394 g/mol. The van der Waals surface area contributed by atoms with E-state index < -0.39 is 16.0 Å². The number of hydrogen-bond donors (Lipinski definition) is 1. The maximum atomic E-state index is 12.5. The first-order valence-electron chi connectivity index (χ1n) is 8.48. The molecule has 1 saturated heterocycles. The molecule has 0 aromatic heterocycles. The lowest BCUT2D eigenvalue weighted by Crippen LogP contribution is -2.52. The number of amides is 1. The zero-order valence-corrected chi connectivity index (χ0v) is 16.9. The van der Waals surface area contributed by atoms with Gasteiger partial charge in [0, 0.05) is 32.7 Å². The average molecular weight is 420 g/mol. The molecule has 1 aliphatic rings. The maximum absolute atomic E-state index is 12.5. The summed E-state index contributed by atoms with van der Waals surface area (Å²) >= 11 is 0. The van der Waals surface area contributed by atoms with Crippen LogP contribution in [0.3, 0.4) is 0 Å². The van der Waals surface area contributed by atoms with Crippen molar-refractivity contribution in [2.24, 2.45) is 0 Å². The minimum absolute atomic E-state index is 0. The summed E-state index contributed by atoms with van der Waals surface area (Å²) < 4.78 is 26.5. The van der Waals surface area contributed by atoms with Crippen LogP contribution in [0.5, 0.6) is 0 Å². The van der Waals surface area contributed by atoms with E-state index in [9.17, 15) is 18.0 Å². The molecule has 0 aliphatic carbocycles. The SMILES string of the molecule is CN(CCC(=O)O)CC(=O)N1CCN(S(=O)(=O)Cc2ccccc2)CC1.Cl. The van der Waals surface area contributed by atoms with E-state index >= 15 is 0 Å². The first-order valence-corrected chi connectivity index (χ1v) is 10.1. The molecule has 1 amide bonds. The highest BCUT2D eigenvalue weighted by Gasteiger charge is 2.29. The Bertz CT molecular complexity index is 721. The van der Waals surface area contributed by atoms with Gasteiger partial charge in [0.05, 0.1) is 18.7 Å². The van der Waals surface area contributed by atoms with Crippen LogP contribution in [0.25, 0.3) is 0 Å². The summed E-state index contributed by atoms with van der Waals surface area (Å²) in [6.45, 7) is 1.68. The number of carboxylic acids is 1. The van der Waals surface area contributed by atoms with Crippen LogP contribution in [0.4, 0.5) is 0 Å². The zero-order valence-electron chi connectivity index (χ0n) is 15.3. The average Bonchev–Trinajstić information content (AvgIpc) is 2.60. The van der Waals surface area contributed by atoms with Gasteiger partial charge in [0.15, 0.2) is 0 Å². The summed E-state index contributed by atoms with van der Waals surface area (Å²) in [5.74, 6) is -1.06. The Balaban J connectivity index is 0.00000364. The fourth-order valence-corrected chi connectivity index (χ4v) is 4.30. The van der Waals surface area contributed by atoms with Crippen LogP contribution in [-0.2, 0) is 25.4 Å². The van der Waals surface area contributed by atoms with Crippen molar-refractivity contribution in [2.75, 3.05) is 46.3 Å². The van der Waals surface area contributed by atoms with Crippen LogP contribution < -0.4 is 0 Å². The molecule has 1 fully saturated rings. The van der Waals surface area contributed by atoms with Gasteiger partial charge in [-0.25, -0.2) is 8.42 Å². The Hall–Kier alpha value is -1.68. The Morgan fingerprint density at radius 2 is 1.70 bits per heavy atom. The molecule has 1 N–H and O–H groups in total. The molecule has 2 rings (SSSR count). The van der Waals surface area contributed by atoms with Crippen LogP contribution in [0, 0.1) is 0 Å². The van der Waals surface area contributed by atoms with Gasteiger partial charge in [-0.3, -0.25) is 14.5 Å². The molecule has 0 atom stereocenters. The molecule has 10 heteroatoms. The van der Waals surface area contributed by atoms with Gasteiger partial charge in [-0.15, -0.1) is 12.4 Å². The fourth-order valence-electron chi connectivity index (χ4n) is 2.79. The van der Waals surface area contributed by atoms with Crippen LogP contribution >= 0.6 is 12.4 Å². The number of carbonyl (C=O) groups excluding carboxylic acids is 1. The third kappa shape index (κ3) is 7.45. The summed E-state index contributed by atoms with van der Waals surface area (Å²) in [5.41, 5.74) is 0.742. The summed E-state index contributed by atoms with van der Waals surface area (Å²) in [6, 6.07) is 9.02. The minimum atomic E-state index is -3.41. The molecule has 27 heavy (non-hydrogen) atoms. The normalized spacial score (nSPS) is 15.4. The molecule has 152 valence electrons. The lowest BCUT2D eigenvalue weighted by Gasteiger charge is -2.34. The number of carbonyl (C=O) groups is 2. The lowest BCUT2D eigenvalue weighted by molar-refractivity contribution is -0.138. The van der Waals surface area contributed by atoms with Crippen LogP contribution in [-0.4, -0.2) is 85.8 Å². The van der Waals surface area contributed by atoms with Crippen LogP contribution in [0.15, 0.2) is 30.3 Å². The highest BCUT2D eigenvalue weighted by atomic mass is 35.5. The second-order valence-electron chi connectivity index (χ2n) is 6.40. The monoisotopic (exact) mass is 419 g/mol. The molecule has 0 saturated carbocycles. The van der Waals surface area contributed by atoms with Crippen molar-refractivity contribution < 1.29 is 23.1 Å². The van der Waals surface area contributed by atoms with E-state index in [2.05, 4.69) is 0 Å². The van der Waals surface area contributed by atoms with E-state index in [0.29, 0.717) is 19.6 Å². The largest absolute Gasteiger partial charge is 0.481 e. The fraction of sp³-hybridized carbons (Fsp3) is 0.529. The Labute approximate surface area is 166 Å². The van der Waals surface area contributed by atoms with Gasteiger partial charge in [0.2, 0.25) is 15.9 Å². The lowest BCUT2D eigenvalue weighted by atomic mass is 10.2. The molecule has 8 nitrogen and oxygen atoms in total. The summed E-state index contributed by atoms with van der Waals surface area (Å²) in [4.78, 5) is 26.1. The third-order valence-corrected chi connectivity index (χ3v) is 6.14. The van der Waals surface area contributed by atoms with Crippen molar-refractivity contribution in [1.82, 2.24) is 14.1 Å². The number of rotatable bonds is 8. The number of likely N-dealkylation sites (N-methyl/N-ethyl adjacent to an activating group) is 1. The van der Waals surface area contributed by atoms with E-state index in [1.165, 1.54) is 4.31 Å². The van der Waals surface area contributed by atoms with E-state index in [1.54, 1.807) is 29.0 Å². The van der Waals surface area contributed by atoms with Crippen molar-refractivity contribution in [2.45, 2.75) is 12.2 Å². The van der Waals surface area contributed by atoms with Crippen molar-refractivity contribution in [1.29, 1.82) is 0 Å². The van der Waals surface area contributed by atoms with Crippen molar-refractivity contribution in [3.8, 4) is 0 Å². The molecule has 0 bridgehead atoms. The number of halogens is 1. The molecule has 0 unspecified atom stereocenters. The quantitative estimate of drug-likeness (QED) is 0.658. The van der Waals surface area contributed by atoms with Crippen molar-refractivity contribution in [3.63, 3.8) is 0 Å². The summed E-state index contributed by atoms with van der Waals surface area (Å²) in [6.07, 6.45) is -0.0186. The molecule has 1 heterocycles. The van der Waals surface area contributed by atoms with Crippen LogP contribution in [0.2, 0.25) is 0 Å². The number of nitrogens with zero attached hydrogens (tertiary/aromatic N) is 3. The minimum Gasteiger partial charge on any atom is -0.481 e. The number of hydrogen-bond acceptors (Lipinski definition) is 5. The number of carboxylic acid groups (broad SMARTS) is 1. The zero-order chi connectivity index (χ0) is 19.2. The van der Waals surface area contributed by atoms with Gasteiger partial charge in [0.25, 0.3) is 0 Å². The van der Waals surface area contributed by atoms with Crippen LogP contribution in [0.1, 0.15) is 12.0 Å². The van der Waals surface area contributed by atoms with E-state index in [0.717, 1.165) is 5.56 Å². The molecule has 1 aromatic rings. The molecule has 1 aromatic carbocycles. The number of sulfonamides is 1. The molecule has 1 aliphatic heterocycles. The second kappa shape index (κ2) is 10.6. The molecular formula is C17H26ClN3O5S. The van der Waals surface area contributed by atoms with Crippen molar-refractivity contribution >= 4 is 34.3 Å². The highest BCUT2D eigenvalue weighted by Crippen LogP contribution is 2.13. The standard InChI is InChI=1S/C17H25N3O5S.ClH/c1-18(8-7-17(22)23)13-16(21)19-9-11-20(12-10-19)26(24,25)14-15-5-3-2-4-6-15;/h2-6H,7-14H2,1H3,(H,22,23);1H. The van der Waals surface area contributed by atoms with Gasteiger partial charge in [0.1, 0.15) is 0 Å². The Morgan fingerprint density at radius 3 is 2.26 bits per heavy atom. The van der Waals surface area contributed by atoms with E-state index in [-0.39, 0.29) is 50.1 Å². The highest BCUT2D eigenvalue weighted by molar-refractivity contribution is 7.88. The number of benzene rings is 1. The molecule has 0 spiro atoms. The molecule has 0 radical (unpaired) electrons. The predicted molar refractivity (Wildman–Crippen MR) is 104 cm³/mol. The van der Waals surface area contributed by atoms with Gasteiger partial charge < -0.3 is 10.0 Å². The third-order valence-electron chi connectivity index (χ3n) is 4.29. The first kappa shape index (κ1) is 23.4. The van der Waals surface area contributed by atoms with Gasteiger partial charge >= 0.3 is 5.97 Å². The van der Waals surface area contributed by atoms with Gasteiger partial charge in [-0.2, -0.15) is 4.31 Å².